The van der Waals surface area contributed by atoms with Crippen LogP contribution in [0.2, 0.25) is 0 Å². The number of amides is 1. The predicted octanol–water partition coefficient (Wildman–Crippen LogP) is 5.81. The van der Waals surface area contributed by atoms with Gasteiger partial charge in [-0.05, 0) is 70.8 Å². The van der Waals surface area contributed by atoms with Gasteiger partial charge in [0.2, 0.25) is 0 Å². The molecule has 1 atom stereocenters. The van der Waals surface area contributed by atoms with Crippen LogP contribution in [0.25, 0.3) is 0 Å². The van der Waals surface area contributed by atoms with Gasteiger partial charge in [0, 0.05) is 50.4 Å². The topological polar surface area (TPSA) is 71.1 Å². The molecule has 0 unspecified atom stereocenters. The van der Waals surface area contributed by atoms with Crippen molar-refractivity contribution in [2.45, 2.75) is 44.4 Å². The van der Waals surface area contributed by atoms with Crippen molar-refractivity contribution in [3.63, 3.8) is 0 Å². The molecule has 0 bridgehead atoms. The number of nitrogens with zero attached hydrogens (tertiary/aromatic N) is 1. The molecule has 1 aliphatic heterocycles. The van der Waals surface area contributed by atoms with Crippen LogP contribution in [-0.2, 0) is 9.59 Å². The van der Waals surface area contributed by atoms with Crippen molar-refractivity contribution in [3.05, 3.63) is 75.2 Å². The third kappa shape index (κ3) is 4.55. The van der Waals surface area contributed by atoms with E-state index in [0.717, 1.165) is 32.7 Å². The number of carbonyl (C=O) groups excluding carboxylic acids is 2. The average molecular weight is 512 g/mol. The van der Waals surface area contributed by atoms with Crippen molar-refractivity contribution < 1.29 is 9.59 Å². The number of benzene rings is 1. The monoisotopic (exact) mass is 511 g/mol. The maximum Gasteiger partial charge on any atom is 0.255 e. The van der Waals surface area contributed by atoms with E-state index >= 15 is 0 Å². The van der Waals surface area contributed by atoms with E-state index in [1.54, 1.807) is 24.0 Å². The number of dihydropyridines is 1. The first kappa shape index (κ1) is 22.8. The van der Waals surface area contributed by atoms with Gasteiger partial charge >= 0.3 is 0 Å². The summed E-state index contributed by atoms with van der Waals surface area (Å²) in [7, 11) is 0. The Hall–Kier alpha value is -2.38. The summed E-state index contributed by atoms with van der Waals surface area (Å²) in [6, 6.07) is 11.7. The fourth-order valence-corrected chi connectivity index (χ4v) is 5.14. The van der Waals surface area contributed by atoms with Crippen LogP contribution in [0.15, 0.2) is 74.5 Å². The minimum absolute atomic E-state index is 0.0993. The Morgan fingerprint density at radius 2 is 1.91 bits per heavy atom. The Kier molecular flexibility index (Phi) is 6.32. The molecule has 5 nitrogen and oxygen atoms in total. The Morgan fingerprint density at radius 1 is 1.19 bits per heavy atom. The molecule has 0 saturated heterocycles. The van der Waals surface area contributed by atoms with Gasteiger partial charge in [-0.15, -0.1) is 11.8 Å². The fourth-order valence-electron chi connectivity index (χ4n) is 4.50. The summed E-state index contributed by atoms with van der Waals surface area (Å²) in [6.45, 7) is 6.13. The smallest absolute Gasteiger partial charge is 0.255 e. The number of carbonyl (C=O) groups is 2. The summed E-state index contributed by atoms with van der Waals surface area (Å²) in [5.41, 5.74) is 3.79. The molecular formula is C25H26BrN3O2S. The zero-order chi connectivity index (χ0) is 23.0. The van der Waals surface area contributed by atoms with Crippen molar-refractivity contribution in [1.29, 1.82) is 0 Å². The van der Waals surface area contributed by atoms with Gasteiger partial charge in [0.1, 0.15) is 5.82 Å². The van der Waals surface area contributed by atoms with Crippen LogP contribution in [-0.4, -0.2) is 22.9 Å². The number of allylic oxidation sites excluding steroid dienone is 3. The number of nitrogens with one attached hydrogen (secondary N) is 2. The van der Waals surface area contributed by atoms with E-state index in [4.69, 9.17) is 0 Å². The zero-order valence-electron chi connectivity index (χ0n) is 18.6. The Bertz CT molecular complexity index is 1130. The quantitative estimate of drug-likeness (QED) is 0.506. The molecule has 7 heteroatoms. The summed E-state index contributed by atoms with van der Waals surface area (Å²) in [5, 5.41) is 6.31. The van der Waals surface area contributed by atoms with Crippen LogP contribution < -0.4 is 10.6 Å². The van der Waals surface area contributed by atoms with Gasteiger partial charge in [-0.3, -0.25) is 9.59 Å². The molecule has 166 valence electrons. The lowest BCUT2D eigenvalue weighted by molar-refractivity contribution is -0.118. The number of hydrogen-bond donors (Lipinski definition) is 2. The summed E-state index contributed by atoms with van der Waals surface area (Å²) in [4.78, 5) is 32.2. The van der Waals surface area contributed by atoms with Gasteiger partial charge in [-0.2, -0.15) is 0 Å². The van der Waals surface area contributed by atoms with Crippen LogP contribution in [0, 0.1) is 5.41 Å². The first-order valence-electron chi connectivity index (χ1n) is 10.5. The first-order chi connectivity index (χ1) is 15.2. The number of hydrogen-bond acceptors (Lipinski definition) is 5. The lowest BCUT2D eigenvalue weighted by Crippen LogP contribution is -2.39. The second-order valence-electron chi connectivity index (χ2n) is 9.02. The summed E-state index contributed by atoms with van der Waals surface area (Å²) in [5.74, 6) is -0.109. The third-order valence-corrected chi connectivity index (χ3v) is 7.12. The highest BCUT2D eigenvalue weighted by atomic mass is 79.9. The number of anilines is 1. The molecule has 2 aliphatic rings. The molecule has 1 aromatic carbocycles. The molecule has 0 fully saturated rings. The van der Waals surface area contributed by atoms with Crippen molar-refractivity contribution >= 4 is 45.2 Å². The molecule has 1 aliphatic carbocycles. The number of Topliss-reactive ketones (excluding diaryl/α,β-unsaturated/α-hetero) is 1. The molecule has 1 amide bonds. The van der Waals surface area contributed by atoms with Gasteiger partial charge in [-0.25, -0.2) is 4.98 Å². The second-order valence-corrected chi connectivity index (χ2v) is 10.8. The fraction of sp³-hybridized carbons (Fsp3) is 0.320. The van der Waals surface area contributed by atoms with Gasteiger partial charge in [-0.1, -0.05) is 26.0 Å². The normalized spacial score (nSPS) is 20.0. The summed E-state index contributed by atoms with van der Waals surface area (Å²) < 4.78 is 0.835. The highest BCUT2D eigenvalue weighted by molar-refractivity contribution is 9.10. The molecule has 32 heavy (non-hydrogen) atoms. The van der Waals surface area contributed by atoms with Crippen LogP contribution in [0.1, 0.15) is 45.1 Å². The lowest BCUT2D eigenvalue weighted by Gasteiger charge is -2.39. The highest BCUT2D eigenvalue weighted by Crippen LogP contribution is 2.46. The zero-order valence-corrected chi connectivity index (χ0v) is 21.0. The SMILES string of the molecule is CSc1ccc([C@@H]2C(C(=O)Nc3ccc(Br)cn3)=C(C)NC3=C2C(=O)CC(C)(C)C3)cc1. The first-order valence-corrected chi connectivity index (χ1v) is 12.5. The van der Waals surface area contributed by atoms with E-state index in [0.29, 0.717) is 23.4 Å². The van der Waals surface area contributed by atoms with Crippen molar-refractivity contribution in [2.24, 2.45) is 5.41 Å². The standard InChI is InChI=1S/C25H26BrN3O2S/c1-14-21(24(31)29-20-10-7-16(26)13-27-20)22(15-5-8-17(32-4)9-6-15)23-18(28-14)11-25(2,3)12-19(23)30/h5-10,13,22,28H,11-12H2,1-4H3,(H,27,29,31)/t22-/m1/s1. The van der Waals surface area contributed by atoms with Gasteiger partial charge in [0.05, 0.1) is 0 Å². The van der Waals surface area contributed by atoms with E-state index in [9.17, 15) is 9.59 Å². The highest BCUT2D eigenvalue weighted by Gasteiger charge is 2.42. The molecule has 1 aromatic heterocycles. The van der Waals surface area contributed by atoms with Gasteiger partial charge in [0.15, 0.2) is 5.78 Å². The largest absolute Gasteiger partial charge is 0.362 e. The molecule has 0 saturated carbocycles. The van der Waals surface area contributed by atoms with Crippen LogP contribution in [0.5, 0.6) is 0 Å². The van der Waals surface area contributed by atoms with Gasteiger partial charge in [0.25, 0.3) is 5.91 Å². The van der Waals surface area contributed by atoms with Crippen LogP contribution in [0.3, 0.4) is 0 Å². The molecule has 2 heterocycles. The third-order valence-electron chi connectivity index (χ3n) is 5.90. The van der Waals surface area contributed by atoms with E-state index in [1.165, 1.54) is 0 Å². The Balaban J connectivity index is 1.79. The Labute approximate surface area is 201 Å². The number of thioether (sulfide) groups is 1. The summed E-state index contributed by atoms with van der Waals surface area (Å²) >= 11 is 5.03. The maximum absolute atomic E-state index is 13.5. The molecule has 2 N–H and O–H groups in total. The van der Waals surface area contributed by atoms with Gasteiger partial charge < -0.3 is 10.6 Å². The Morgan fingerprint density at radius 3 is 2.53 bits per heavy atom. The minimum Gasteiger partial charge on any atom is -0.362 e. The second kappa shape index (κ2) is 8.87. The number of halogens is 1. The van der Waals surface area contributed by atoms with Crippen molar-refractivity contribution in [2.75, 3.05) is 11.6 Å². The van der Waals surface area contributed by atoms with Crippen molar-refractivity contribution in [1.82, 2.24) is 10.3 Å². The van der Waals surface area contributed by atoms with E-state index in [2.05, 4.69) is 45.4 Å². The van der Waals surface area contributed by atoms with Crippen LogP contribution in [0.4, 0.5) is 5.82 Å². The molecule has 2 aromatic rings. The number of rotatable bonds is 4. The number of aromatic nitrogens is 1. The molecule has 0 radical (unpaired) electrons. The maximum atomic E-state index is 13.5. The number of ketones is 1. The average Bonchev–Trinajstić information content (AvgIpc) is 2.73. The van der Waals surface area contributed by atoms with Crippen molar-refractivity contribution in [3.8, 4) is 0 Å². The lowest BCUT2D eigenvalue weighted by atomic mass is 9.68. The van der Waals surface area contributed by atoms with E-state index < -0.39 is 5.92 Å². The summed E-state index contributed by atoms with van der Waals surface area (Å²) in [6.07, 6.45) is 4.91. The molecular weight excluding hydrogens is 486 g/mol. The van der Waals surface area contributed by atoms with Crippen LogP contribution >= 0.6 is 27.7 Å². The van der Waals surface area contributed by atoms with E-state index in [1.807, 2.05) is 43.5 Å². The predicted molar refractivity (Wildman–Crippen MR) is 132 cm³/mol. The minimum atomic E-state index is -0.416. The van der Waals surface area contributed by atoms with E-state index in [-0.39, 0.29) is 17.1 Å². The molecule has 0 spiro atoms. The number of pyridine rings is 1. The molecule has 4 rings (SSSR count).